The van der Waals surface area contributed by atoms with E-state index in [1.807, 2.05) is 20.0 Å². The van der Waals surface area contributed by atoms with Gasteiger partial charge in [0.1, 0.15) is 0 Å². The van der Waals surface area contributed by atoms with Gasteiger partial charge in [-0.3, -0.25) is 0 Å². The average Bonchev–Trinajstić information content (AvgIpc) is 2.00. The molecule has 0 saturated heterocycles. The molecule has 0 unspecified atom stereocenters. The number of rotatable bonds is 2. The van der Waals surface area contributed by atoms with Gasteiger partial charge in [-0.05, 0) is 30.9 Å². The van der Waals surface area contributed by atoms with E-state index in [0.29, 0.717) is 6.61 Å². The van der Waals surface area contributed by atoms with Crippen molar-refractivity contribution in [3.05, 3.63) is 23.4 Å². The number of hydrogen-bond acceptors (Lipinski definition) is 2. The second-order valence-electron chi connectivity index (χ2n) is 4.98. The molecule has 2 heteroatoms. The molecule has 1 aromatic rings. The summed E-state index contributed by atoms with van der Waals surface area (Å²) in [5, 5.41) is 0. The van der Waals surface area contributed by atoms with E-state index >= 15 is 0 Å². The lowest BCUT2D eigenvalue weighted by molar-refractivity contribution is 0.190. The third kappa shape index (κ3) is 3.36. The average molecular weight is 193 g/mol. The number of hydrogen-bond donors (Lipinski definition) is 0. The highest BCUT2D eigenvalue weighted by Gasteiger charge is 2.12. The van der Waals surface area contributed by atoms with Gasteiger partial charge in [-0.2, -0.15) is 0 Å². The fraction of sp³-hybridized carbons (Fsp3) is 0.583. The molecule has 0 bridgehead atoms. The van der Waals surface area contributed by atoms with Gasteiger partial charge in [0.2, 0.25) is 5.88 Å². The molecule has 0 atom stereocenters. The maximum atomic E-state index is 5.65. The van der Waals surface area contributed by atoms with Crippen molar-refractivity contribution < 1.29 is 4.74 Å². The molecule has 2 nitrogen and oxygen atoms in total. The molecule has 0 fully saturated rings. The van der Waals surface area contributed by atoms with Crippen LogP contribution in [0.2, 0.25) is 0 Å². The minimum absolute atomic E-state index is 0.180. The van der Waals surface area contributed by atoms with Crippen LogP contribution in [0.3, 0.4) is 0 Å². The summed E-state index contributed by atoms with van der Waals surface area (Å²) in [6.07, 6.45) is 1.84. The van der Waals surface area contributed by atoms with Crippen molar-refractivity contribution in [1.29, 1.82) is 0 Å². The molecule has 0 aliphatic rings. The smallest absolute Gasteiger partial charge is 0.216 e. The lowest BCUT2D eigenvalue weighted by Gasteiger charge is -2.19. The number of aryl methyl sites for hydroxylation is 2. The molecule has 1 aromatic heterocycles. The van der Waals surface area contributed by atoms with Crippen LogP contribution in [0.15, 0.2) is 12.3 Å². The predicted molar refractivity (Wildman–Crippen MR) is 58.7 cm³/mol. The van der Waals surface area contributed by atoms with Crippen LogP contribution in [0.1, 0.15) is 31.9 Å². The third-order valence-electron chi connectivity index (χ3n) is 1.81. The van der Waals surface area contributed by atoms with Crippen LogP contribution in [0.5, 0.6) is 5.88 Å². The maximum Gasteiger partial charge on any atom is 0.216 e. The third-order valence-corrected chi connectivity index (χ3v) is 1.81. The van der Waals surface area contributed by atoms with E-state index in [4.69, 9.17) is 4.74 Å². The summed E-state index contributed by atoms with van der Waals surface area (Å²) in [5.74, 6) is 0.755. The largest absolute Gasteiger partial charge is 0.477 e. The zero-order valence-corrected chi connectivity index (χ0v) is 9.72. The first-order chi connectivity index (χ1) is 6.38. The second kappa shape index (κ2) is 3.99. The van der Waals surface area contributed by atoms with Crippen molar-refractivity contribution in [1.82, 2.24) is 4.98 Å². The monoisotopic (exact) mass is 193 g/mol. The topological polar surface area (TPSA) is 22.1 Å². The zero-order chi connectivity index (χ0) is 10.8. The fourth-order valence-corrected chi connectivity index (χ4v) is 1.14. The Morgan fingerprint density at radius 3 is 2.43 bits per heavy atom. The minimum Gasteiger partial charge on any atom is -0.477 e. The van der Waals surface area contributed by atoms with Crippen LogP contribution < -0.4 is 4.74 Å². The molecule has 0 aliphatic carbocycles. The van der Waals surface area contributed by atoms with E-state index in [1.54, 1.807) is 0 Å². The Hall–Kier alpha value is -1.05. The van der Waals surface area contributed by atoms with Crippen molar-refractivity contribution in [2.45, 2.75) is 34.6 Å². The molecule has 0 aromatic carbocycles. The van der Waals surface area contributed by atoms with Gasteiger partial charge in [-0.1, -0.05) is 20.8 Å². The molecule has 0 saturated carbocycles. The minimum atomic E-state index is 0.180. The lowest BCUT2D eigenvalue weighted by atomic mass is 9.99. The van der Waals surface area contributed by atoms with Crippen molar-refractivity contribution in [2.75, 3.05) is 6.61 Å². The highest BCUT2D eigenvalue weighted by atomic mass is 16.5. The summed E-state index contributed by atoms with van der Waals surface area (Å²) in [4.78, 5) is 4.26. The SMILES string of the molecule is Cc1cnc(OCC(C)(C)C)c(C)c1. The quantitative estimate of drug-likeness (QED) is 0.720. The number of ether oxygens (including phenoxy) is 1. The molecular weight excluding hydrogens is 174 g/mol. The summed E-state index contributed by atoms with van der Waals surface area (Å²) >= 11 is 0. The van der Waals surface area contributed by atoms with Gasteiger partial charge in [-0.15, -0.1) is 0 Å². The lowest BCUT2D eigenvalue weighted by Crippen LogP contribution is -2.17. The Morgan fingerprint density at radius 2 is 1.93 bits per heavy atom. The van der Waals surface area contributed by atoms with Gasteiger partial charge >= 0.3 is 0 Å². The van der Waals surface area contributed by atoms with Gasteiger partial charge in [0.05, 0.1) is 6.61 Å². The van der Waals surface area contributed by atoms with Crippen LogP contribution in [0.4, 0.5) is 0 Å². The van der Waals surface area contributed by atoms with Crippen LogP contribution >= 0.6 is 0 Å². The molecule has 0 radical (unpaired) electrons. The highest BCUT2D eigenvalue weighted by molar-refractivity contribution is 5.27. The first kappa shape index (κ1) is 11.0. The Kier molecular flexibility index (Phi) is 3.14. The maximum absolute atomic E-state index is 5.65. The van der Waals surface area contributed by atoms with E-state index < -0.39 is 0 Å². The Balaban J connectivity index is 2.68. The zero-order valence-electron chi connectivity index (χ0n) is 9.72. The molecular formula is C12H19NO. The Morgan fingerprint density at radius 1 is 1.29 bits per heavy atom. The number of pyridine rings is 1. The van der Waals surface area contributed by atoms with Gasteiger partial charge in [0.15, 0.2) is 0 Å². The van der Waals surface area contributed by atoms with Gasteiger partial charge in [-0.25, -0.2) is 4.98 Å². The van der Waals surface area contributed by atoms with E-state index in [-0.39, 0.29) is 5.41 Å². The van der Waals surface area contributed by atoms with E-state index in [9.17, 15) is 0 Å². The van der Waals surface area contributed by atoms with Crippen LogP contribution in [-0.4, -0.2) is 11.6 Å². The number of nitrogens with zero attached hydrogens (tertiary/aromatic N) is 1. The van der Waals surface area contributed by atoms with Crippen molar-refractivity contribution in [3.63, 3.8) is 0 Å². The van der Waals surface area contributed by atoms with Crippen molar-refractivity contribution in [3.8, 4) is 5.88 Å². The normalized spacial score (nSPS) is 11.5. The van der Waals surface area contributed by atoms with Crippen molar-refractivity contribution >= 4 is 0 Å². The molecule has 78 valence electrons. The molecule has 0 amide bonds. The van der Waals surface area contributed by atoms with E-state index in [0.717, 1.165) is 11.4 Å². The molecule has 0 spiro atoms. The van der Waals surface area contributed by atoms with Crippen LogP contribution in [-0.2, 0) is 0 Å². The van der Waals surface area contributed by atoms with Crippen LogP contribution in [0.25, 0.3) is 0 Å². The van der Waals surface area contributed by atoms with Gasteiger partial charge in [0.25, 0.3) is 0 Å². The van der Waals surface area contributed by atoms with E-state index in [2.05, 4.69) is 31.8 Å². The Bertz CT molecular complexity index is 313. The summed E-state index contributed by atoms with van der Waals surface area (Å²) in [7, 11) is 0. The molecule has 14 heavy (non-hydrogen) atoms. The number of aromatic nitrogens is 1. The van der Waals surface area contributed by atoms with Crippen LogP contribution in [0, 0.1) is 19.3 Å². The molecule has 0 aliphatic heterocycles. The van der Waals surface area contributed by atoms with Crippen molar-refractivity contribution in [2.24, 2.45) is 5.41 Å². The summed E-state index contributed by atoms with van der Waals surface area (Å²) in [6, 6.07) is 2.09. The van der Waals surface area contributed by atoms with E-state index in [1.165, 1.54) is 5.56 Å². The first-order valence-electron chi connectivity index (χ1n) is 4.94. The molecule has 0 N–H and O–H groups in total. The Labute approximate surface area is 86.3 Å². The fourth-order valence-electron chi connectivity index (χ4n) is 1.14. The van der Waals surface area contributed by atoms with Gasteiger partial charge in [0, 0.05) is 11.8 Å². The molecule has 1 heterocycles. The molecule has 1 rings (SSSR count). The first-order valence-corrected chi connectivity index (χ1v) is 4.94. The standard InChI is InChI=1S/C12H19NO/c1-9-6-10(2)11(13-7-9)14-8-12(3,4)5/h6-7H,8H2,1-5H3. The summed E-state index contributed by atoms with van der Waals surface area (Å²) in [5.41, 5.74) is 2.46. The van der Waals surface area contributed by atoms with Gasteiger partial charge < -0.3 is 4.74 Å². The highest BCUT2D eigenvalue weighted by Crippen LogP contribution is 2.19. The predicted octanol–water partition coefficient (Wildman–Crippen LogP) is 3.12. The summed E-state index contributed by atoms with van der Waals surface area (Å²) < 4.78 is 5.65. The summed E-state index contributed by atoms with van der Waals surface area (Å²) in [6.45, 7) is 11.2. The second-order valence-corrected chi connectivity index (χ2v) is 4.98.